The molecule has 1 aliphatic rings. The molecule has 0 bridgehead atoms. The van der Waals surface area contributed by atoms with Crippen LogP contribution in [0.25, 0.3) is 5.76 Å². The van der Waals surface area contributed by atoms with Crippen molar-refractivity contribution in [3.05, 3.63) is 94.1 Å². The molecule has 1 N–H and O–H groups in total. The van der Waals surface area contributed by atoms with Crippen LogP contribution in [0.15, 0.2) is 60.2 Å². The van der Waals surface area contributed by atoms with Crippen LogP contribution in [0.5, 0.6) is 11.5 Å². The fourth-order valence-corrected chi connectivity index (χ4v) is 4.24. The molecule has 36 heavy (non-hydrogen) atoms. The Bertz CT molecular complexity index is 1400. The van der Waals surface area contributed by atoms with Gasteiger partial charge in [0.25, 0.3) is 11.7 Å². The van der Waals surface area contributed by atoms with Gasteiger partial charge in [-0.1, -0.05) is 18.2 Å². The van der Waals surface area contributed by atoms with Crippen molar-refractivity contribution in [3.8, 4) is 11.5 Å². The maximum absolute atomic E-state index is 14.9. The first-order valence-electron chi connectivity index (χ1n) is 11.3. The van der Waals surface area contributed by atoms with Crippen molar-refractivity contribution >= 4 is 23.1 Å². The average Bonchev–Trinajstić information content (AvgIpc) is 3.12. The van der Waals surface area contributed by atoms with Crippen molar-refractivity contribution in [1.82, 2.24) is 0 Å². The predicted molar refractivity (Wildman–Crippen MR) is 131 cm³/mol. The van der Waals surface area contributed by atoms with Crippen LogP contribution in [0.3, 0.4) is 0 Å². The molecule has 4 rings (SSSR count). The second kappa shape index (κ2) is 9.81. The van der Waals surface area contributed by atoms with Gasteiger partial charge in [0.1, 0.15) is 17.4 Å². The normalized spacial score (nSPS) is 16.9. The number of carbonyl (C=O) groups is 2. The zero-order chi connectivity index (χ0) is 26.1. The molecule has 8 heteroatoms. The van der Waals surface area contributed by atoms with Gasteiger partial charge < -0.3 is 14.6 Å². The minimum absolute atomic E-state index is 0.250. The van der Waals surface area contributed by atoms with E-state index in [0.29, 0.717) is 29.2 Å². The predicted octanol–water partition coefficient (Wildman–Crippen LogP) is 5.62. The monoisotopic (exact) mass is 493 g/mol. The lowest BCUT2D eigenvalue weighted by Crippen LogP contribution is -2.30. The van der Waals surface area contributed by atoms with E-state index < -0.39 is 40.8 Å². The molecule has 6 nitrogen and oxygen atoms in total. The second-order valence-electron chi connectivity index (χ2n) is 8.41. The first-order chi connectivity index (χ1) is 17.2. The van der Waals surface area contributed by atoms with Crippen LogP contribution in [-0.4, -0.2) is 30.5 Å². The summed E-state index contributed by atoms with van der Waals surface area (Å²) >= 11 is 0. The van der Waals surface area contributed by atoms with E-state index in [0.717, 1.165) is 34.2 Å². The number of aryl methyl sites for hydroxylation is 2. The summed E-state index contributed by atoms with van der Waals surface area (Å²) in [5.74, 6) is -3.48. The maximum Gasteiger partial charge on any atom is 0.300 e. The highest BCUT2D eigenvalue weighted by atomic mass is 19.1. The van der Waals surface area contributed by atoms with Crippen molar-refractivity contribution in [3.63, 3.8) is 0 Å². The van der Waals surface area contributed by atoms with Crippen molar-refractivity contribution in [2.24, 2.45) is 0 Å². The molecule has 1 fully saturated rings. The van der Waals surface area contributed by atoms with E-state index in [1.54, 1.807) is 43.3 Å². The first kappa shape index (κ1) is 24.9. The number of rotatable bonds is 6. The number of aliphatic hydroxyl groups excluding tert-OH is 1. The molecule has 1 saturated heterocycles. The first-order valence-corrected chi connectivity index (χ1v) is 11.3. The fourth-order valence-electron chi connectivity index (χ4n) is 4.24. The lowest BCUT2D eigenvalue weighted by molar-refractivity contribution is -0.132. The number of carbonyl (C=O) groups excluding carboxylic acids is 2. The third-order valence-corrected chi connectivity index (χ3v) is 6.20. The Morgan fingerprint density at radius 2 is 1.72 bits per heavy atom. The quantitative estimate of drug-likeness (QED) is 0.274. The highest BCUT2D eigenvalue weighted by Gasteiger charge is 2.48. The van der Waals surface area contributed by atoms with Gasteiger partial charge in [-0.3, -0.25) is 14.5 Å². The summed E-state index contributed by atoms with van der Waals surface area (Å²) in [4.78, 5) is 27.4. The summed E-state index contributed by atoms with van der Waals surface area (Å²) in [6.07, 6.45) is 0. The van der Waals surface area contributed by atoms with Crippen molar-refractivity contribution in [1.29, 1.82) is 0 Å². The zero-order valence-electron chi connectivity index (χ0n) is 20.3. The van der Waals surface area contributed by atoms with E-state index in [9.17, 15) is 23.5 Å². The minimum atomic E-state index is -1.26. The van der Waals surface area contributed by atoms with Gasteiger partial charge in [-0.15, -0.1) is 0 Å². The Kier molecular flexibility index (Phi) is 6.79. The molecule has 0 saturated carbocycles. The van der Waals surface area contributed by atoms with Crippen molar-refractivity contribution in [2.75, 3.05) is 18.6 Å². The van der Waals surface area contributed by atoms with E-state index in [2.05, 4.69) is 0 Å². The number of benzene rings is 3. The summed E-state index contributed by atoms with van der Waals surface area (Å²) in [5.41, 5.74) is 1.83. The molecule has 3 aromatic carbocycles. The number of hydrogen-bond acceptors (Lipinski definition) is 5. The van der Waals surface area contributed by atoms with Crippen LogP contribution in [0.1, 0.15) is 35.2 Å². The maximum atomic E-state index is 14.9. The van der Waals surface area contributed by atoms with E-state index in [1.807, 2.05) is 13.8 Å². The lowest BCUT2D eigenvalue weighted by Gasteiger charge is -2.26. The standard InChI is InChI=1S/C28H25F2NO5/c1-5-36-23-13-17(8-11-22(23)35-4)25-24(26(32)18-7-6-15(2)16(3)12-18)27(33)28(34)31(25)21-14-19(29)9-10-20(21)30/h6-14,25,32H,5H2,1-4H3/b26-24+. The molecule has 1 aliphatic heterocycles. The Morgan fingerprint density at radius 3 is 2.39 bits per heavy atom. The molecule has 1 amide bonds. The Balaban J connectivity index is 2.01. The van der Waals surface area contributed by atoms with Crippen LogP contribution in [0.2, 0.25) is 0 Å². The van der Waals surface area contributed by atoms with Gasteiger partial charge in [-0.25, -0.2) is 8.78 Å². The number of Topliss-reactive ketones (excluding diaryl/α,β-unsaturated/α-hetero) is 1. The summed E-state index contributed by atoms with van der Waals surface area (Å²) in [7, 11) is 1.46. The molecule has 1 atom stereocenters. The summed E-state index contributed by atoms with van der Waals surface area (Å²) in [5, 5.41) is 11.3. The van der Waals surface area contributed by atoms with Crippen LogP contribution >= 0.6 is 0 Å². The zero-order valence-corrected chi connectivity index (χ0v) is 20.3. The molecular formula is C28H25F2NO5. The summed E-state index contributed by atoms with van der Waals surface area (Å²) in [6, 6.07) is 11.2. The summed E-state index contributed by atoms with van der Waals surface area (Å²) in [6.45, 7) is 5.83. The smallest absolute Gasteiger partial charge is 0.300 e. The van der Waals surface area contributed by atoms with Crippen LogP contribution in [0.4, 0.5) is 14.5 Å². The molecule has 0 spiro atoms. The SMILES string of the molecule is CCOc1cc(C2/C(=C(\O)c3ccc(C)c(C)c3)C(=O)C(=O)N2c2cc(F)ccc2F)ccc1OC. The third kappa shape index (κ3) is 4.30. The van der Waals surface area contributed by atoms with Gasteiger partial charge in [0, 0.05) is 11.6 Å². The van der Waals surface area contributed by atoms with Crippen molar-refractivity contribution < 1.29 is 33.0 Å². The molecule has 1 heterocycles. The number of aliphatic hydroxyl groups is 1. The minimum Gasteiger partial charge on any atom is -0.507 e. The van der Waals surface area contributed by atoms with Gasteiger partial charge in [0.05, 0.1) is 31.0 Å². The fraction of sp³-hybridized carbons (Fsp3) is 0.214. The van der Waals surface area contributed by atoms with Crippen LogP contribution in [0, 0.1) is 25.5 Å². The van der Waals surface area contributed by atoms with Crippen molar-refractivity contribution in [2.45, 2.75) is 26.8 Å². The molecule has 0 aromatic heterocycles. The van der Waals surface area contributed by atoms with Gasteiger partial charge in [0.15, 0.2) is 11.5 Å². The van der Waals surface area contributed by atoms with Crippen LogP contribution in [-0.2, 0) is 9.59 Å². The number of halogens is 2. The molecule has 0 aliphatic carbocycles. The number of ketones is 1. The average molecular weight is 494 g/mol. The van der Waals surface area contributed by atoms with E-state index in [-0.39, 0.29) is 5.57 Å². The van der Waals surface area contributed by atoms with Gasteiger partial charge in [0.2, 0.25) is 0 Å². The van der Waals surface area contributed by atoms with E-state index in [1.165, 1.54) is 7.11 Å². The molecule has 3 aromatic rings. The lowest BCUT2D eigenvalue weighted by atomic mass is 9.94. The highest BCUT2D eigenvalue weighted by Crippen LogP contribution is 2.45. The van der Waals surface area contributed by atoms with E-state index >= 15 is 0 Å². The summed E-state index contributed by atoms with van der Waals surface area (Å²) < 4.78 is 40.0. The molecule has 0 radical (unpaired) electrons. The Morgan fingerprint density at radius 1 is 0.972 bits per heavy atom. The second-order valence-corrected chi connectivity index (χ2v) is 8.41. The molecular weight excluding hydrogens is 468 g/mol. The number of amides is 1. The molecule has 1 unspecified atom stereocenters. The molecule has 186 valence electrons. The Hall–Kier alpha value is -4.20. The third-order valence-electron chi connectivity index (χ3n) is 6.20. The topological polar surface area (TPSA) is 76.1 Å². The number of methoxy groups -OCH3 is 1. The number of anilines is 1. The number of hydrogen-bond donors (Lipinski definition) is 1. The van der Waals surface area contributed by atoms with Gasteiger partial charge >= 0.3 is 0 Å². The van der Waals surface area contributed by atoms with Gasteiger partial charge in [-0.05, 0) is 67.8 Å². The van der Waals surface area contributed by atoms with E-state index in [4.69, 9.17) is 9.47 Å². The highest BCUT2D eigenvalue weighted by molar-refractivity contribution is 6.51. The number of nitrogens with zero attached hydrogens (tertiary/aromatic N) is 1. The Labute approximate surface area is 207 Å². The van der Waals surface area contributed by atoms with Gasteiger partial charge in [-0.2, -0.15) is 0 Å². The number of ether oxygens (including phenoxy) is 2. The largest absolute Gasteiger partial charge is 0.507 e. The van der Waals surface area contributed by atoms with Crippen LogP contribution < -0.4 is 14.4 Å².